The number of ketones is 1. The third kappa shape index (κ3) is 3.97. The van der Waals surface area contributed by atoms with Gasteiger partial charge in [-0.15, -0.1) is 0 Å². The Bertz CT molecular complexity index is 1260. The highest BCUT2D eigenvalue weighted by atomic mass is 16.2. The highest BCUT2D eigenvalue weighted by Crippen LogP contribution is 2.29. The number of carbonyl (C=O) groups excluding carboxylic acids is 2. The highest BCUT2D eigenvalue weighted by molar-refractivity contribution is 6.18. The van der Waals surface area contributed by atoms with E-state index >= 15 is 0 Å². The normalized spacial score (nSPS) is 13.9. The van der Waals surface area contributed by atoms with Gasteiger partial charge in [0.15, 0.2) is 5.78 Å². The van der Waals surface area contributed by atoms with Crippen LogP contribution in [0, 0.1) is 5.92 Å². The Morgan fingerprint density at radius 1 is 0.906 bits per heavy atom. The van der Waals surface area contributed by atoms with Crippen molar-refractivity contribution in [2.45, 2.75) is 25.7 Å². The van der Waals surface area contributed by atoms with E-state index < -0.39 is 0 Å². The summed E-state index contributed by atoms with van der Waals surface area (Å²) < 4.78 is 0. The third-order valence-electron chi connectivity index (χ3n) is 5.89. The molecule has 4 aromatic rings. The summed E-state index contributed by atoms with van der Waals surface area (Å²) >= 11 is 0. The van der Waals surface area contributed by atoms with Gasteiger partial charge in [-0.05, 0) is 37.1 Å². The number of nitrogens with zero attached hydrogens (tertiary/aromatic N) is 2. The molecule has 7 heteroatoms. The number of carbonyl (C=O) groups is 2. The number of amides is 1. The summed E-state index contributed by atoms with van der Waals surface area (Å²) in [6, 6.07) is 16.6. The Labute approximate surface area is 185 Å². The molecule has 0 unspecified atom stereocenters. The van der Waals surface area contributed by atoms with E-state index in [1.165, 1.54) is 6.33 Å². The van der Waals surface area contributed by atoms with Gasteiger partial charge in [-0.2, -0.15) is 0 Å². The molecule has 0 bridgehead atoms. The fourth-order valence-corrected chi connectivity index (χ4v) is 4.19. The second-order valence-electron chi connectivity index (χ2n) is 8.02. The summed E-state index contributed by atoms with van der Waals surface area (Å²) in [5, 5.41) is 6.92. The molecule has 2 aromatic carbocycles. The van der Waals surface area contributed by atoms with E-state index in [0.717, 1.165) is 37.1 Å². The molecule has 0 radical (unpaired) electrons. The molecule has 0 atom stereocenters. The zero-order valence-corrected chi connectivity index (χ0v) is 17.5. The molecule has 1 fully saturated rings. The van der Waals surface area contributed by atoms with Gasteiger partial charge in [0.2, 0.25) is 5.91 Å². The molecule has 1 amide bonds. The van der Waals surface area contributed by atoms with Crippen LogP contribution in [0.15, 0.2) is 67.1 Å². The first-order chi connectivity index (χ1) is 15.7. The zero-order chi connectivity index (χ0) is 21.9. The summed E-state index contributed by atoms with van der Waals surface area (Å²) in [7, 11) is 0. The highest BCUT2D eigenvalue weighted by Gasteiger charge is 2.22. The van der Waals surface area contributed by atoms with Crippen LogP contribution in [0.1, 0.15) is 41.6 Å². The summed E-state index contributed by atoms with van der Waals surface area (Å²) in [6.45, 7) is 0. The first-order valence-corrected chi connectivity index (χ1v) is 10.8. The van der Waals surface area contributed by atoms with Crippen LogP contribution < -0.4 is 10.6 Å². The van der Waals surface area contributed by atoms with Gasteiger partial charge in [0.1, 0.15) is 17.8 Å². The van der Waals surface area contributed by atoms with Crippen molar-refractivity contribution >= 4 is 39.9 Å². The van der Waals surface area contributed by atoms with E-state index in [-0.39, 0.29) is 17.6 Å². The number of hydrogen-bond acceptors (Lipinski definition) is 5. The number of fused-ring (bicyclic) bond motifs is 1. The first kappa shape index (κ1) is 19.9. The van der Waals surface area contributed by atoms with Crippen molar-refractivity contribution in [3.05, 3.63) is 78.2 Å². The minimum absolute atomic E-state index is 0.0945. The lowest BCUT2D eigenvalue weighted by Gasteiger charge is -2.12. The number of anilines is 3. The average Bonchev–Trinajstić information content (AvgIpc) is 3.51. The number of aromatic nitrogens is 3. The fraction of sp³-hybridized carbons (Fsp3) is 0.200. The lowest BCUT2D eigenvalue weighted by atomic mass is 10.0. The van der Waals surface area contributed by atoms with Crippen LogP contribution in [0.2, 0.25) is 0 Å². The number of aromatic amines is 1. The molecule has 3 N–H and O–H groups in total. The van der Waals surface area contributed by atoms with E-state index in [1.54, 1.807) is 18.3 Å². The molecule has 32 heavy (non-hydrogen) atoms. The van der Waals surface area contributed by atoms with Crippen molar-refractivity contribution < 1.29 is 9.59 Å². The molecule has 160 valence electrons. The van der Waals surface area contributed by atoms with E-state index in [2.05, 4.69) is 25.6 Å². The topological polar surface area (TPSA) is 99.8 Å². The fourth-order valence-electron chi connectivity index (χ4n) is 4.19. The van der Waals surface area contributed by atoms with Crippen LogP contribution in [0.3, 0.4) is 0 Å². The van der Waals surface area contributed by atoms with Gasteiger partial charge in [-0.25, -0.2) is 9.97 Å². The first-order valence-electron chi connectivity index (χ1n) is 10.8. The standard InChI is InChI=1S/C25H23N5O2/c31-22(16-6-2-1-3-7-16)20-14-26-23-21(20)24(28-15-27-23)29-18-10-12-19(13-11-18)30-25(32)17-8-4-5-9-17/h1-3,6-7,10-15,17H,4-5,8-9H2,(H,30,32)(H2,26,27,28,29). The van der Waals surface area contributed by atoms with Crippen molar-refractivity contribution in [2.75, 3.05) is 10.6 Å². The molecular weight excluding hydrogens is 402 g/mol. The molecule has 0 saturated heterocycles. The SMILES string of the molecule is O=C(c1ccccc1)c1c[nH]c2ncnc(Nc3ccc(NC(=O)C4CCCC4)cc3)c12. The number of hydrogen-bond donors (Lipinski definition) is 3. The van der Waals surface area contributed by atoms with E-state index in [0.29, 0.717) is 28.0 Å². The van der Waals surface area contributed by atoms with E-state index in [4.69, 9.17) is 0 Å². The smallest absolute Gasteiger partial charge is 0.227 e. The Morgan fingerprint density at radius 2 is 1.62 bits per heavy atom. The quantitative estimate of drug-likeness (QED) is 0.375. The van der Waals surface area contributed by atoms with Gasteiger partial charge < -0.3 is 15.6 Å². The molecule has 1 aliphatic rings. The summed E-state index contributed by atoms with van der Waals surface area (Å²) in [4.78, 5) is 37.1. The third-order valence-corrected chi connectivity index (χ3v) is 5.89. The molecule has 0 spiro atoms. The monoisotopic (exact) mass is 425 g/mol. The van der Waals surface area contributed by atoms with Gasteiger partial charge >= 0.3 is 0 Å². The Balaban J connectivity index is 1.38. The Kier molecular flexibility index (Phi) is 5.37. The molecule has 1 aliphatic carbocycles. The lowest BCUT2D eigenvalue weighted by Crippen LogP contribution is -2.20. The van der Waals surface area contributed by atoms with Crippen LogP contribution in [-0.4, -0.2) is 26.6 Å². The second kappa shape index (κ2) is 8.63. The molecule has 2 aromatic heterocycles. The lowest BCUT2D eigenvalue weighted by molar-refractivity contribution is -0.119. The van der Waals surface area contributed by atoms with Gasteiger partial charge in [0, 0.05) is 29.1 Å². The maximum absolute atomic E-state index is 13.0. The van der Waals surface area contributed by atoms with Crippen LogP contribution in [-0.2, 0) is 4.79 Å². The maximum Gasteiger partial charge on any atom is 0.227 e. The summed E-state index contributed by atoms with van der Waals surface area (Å²) in [6.07, 6.45) is 7.31. The number of H-pyrrole nitrogens is 1. The largest absolute Gasteiger partial charge is 0.345 e. The van der Waals surface area contributed by atoms with Crippen LogP contribution in [0.4, 0.5) is 17.2 Å². The van der Waals surface area contributed by atoms with Gasteiger partial charge in [-0.3, -0.25) is 9.59 Å². The van der Waals surface area contributed by atoms with Crippen LogP contribution >= 0.6 is 0 Å². The van der Waals surface area contributed by atoms with Gasteiger partial charge in [0.25, 0.3) is 0 Å². The van der Waals surface area contributed by atoms with E-state index in [9.17, 15) is 9.59 Å². The average molecular weight is 425 g/mol. The Morgan fingerprint density at radius 3 is 2.38 bits per heavy atom. The van der Waals surface area contributed by atoms with Gasteiger partial charge in [0.05, 0.1) is 10.9 Å². The summed E-state index contributed by atoms with van der Waals surface area (Å²) in [5.41, 5.74) is 3.26. The van der Waals surface area contributed by atoms with Gasteiger partial charge in [-0.1, -0.05) is 43.2 Å². The van der Waals surface area contributed by atoms with Crippen molar-refractivity contribution in [2.24, 2.45) is 5.92 Å². The predicted molar refractivity (Wildman–Crippen MR) is 124 cm³/mol. The zero-order valence-electron chi connectivity index (χ0n) is 17.5. The summed E-state index contributed by atoms with van der Waals surface area (Å²) in [5.74, 6) is 0.659. The molecule has 7 nitrogen and oxygen atoms in total. The number of nitrogens with one attached hydrogen (secondary N) is 3. The van der Waals surface area contributed by atoms with Crippen LogP contribution in [0.5, 0.6) is 0 Å². The number of benzene rings is 2. The van der Waals surface area contributed by atoms with Crippen molar-refractivity contribution in [3.8, 4) is 0 Å². The van der Waals surface area contributed by atoms with Crippen molar-refractivity contribution in [3.63, 3.8) is 0 Å². The second-order valence-corrected chi connectivity index (χ2v) is 8.02. The maximum atomic E-state index is 13.0. The molecule has 0 aliphatic heterocycles. The predicted octanol–water partition coefficient (Wildman–Crippen LogP) is 5.06. The van der Waals surface area contributed by atoms with Crippen molar-refractivity contribution in [1.29, 1.82) is 0 Å². The number of rotatable bonds is 6. The van der Waals surface area contributed by atoms with Crippen molar-refractivity contribution in [1.82, 2.24) is 15.0 Å². The van der Waals surface area contributed by atoms with Crippen LogP contribution in [0.25, 0.3) is 11.0 Å². The molecule has 2 heterocycles. The molecular formula is C25H23N5O2. The van der Waals surface area contributed by atoms with E-state index in [1.807, 2.05) is 42.5 Å². The minimum Gasteiger partial charge on any atom is -0.345 e. The molecule has 5 rings (SSSR count). The Hall–Kier alpha value is -4.00. The minimum atomic E-state index is -0.0975. The molecule has 1 saturated carbocycles.